The average Bonchev–Trinajstić information content (AvgIpc) is 3.43. The van der Waals surface area contributed by atoms with Gasteiger partial charge in [0.25, 0.3) is 0 Å². The normalized spacial score (nSPS) is 21.8. The molecule has 4 heterocycles. The van der Waals surface area contributed by atoms with E-state index < -0.39 is 0 Å². The monoisotopic (exact) mass is 596 g/mol. The average molecular weight is 596 g/mol. The van der Waals surface area contributed by atoms with E-state index in [-0.39, 0.29) is 0 Å². The van der Waals surface area contributed by atoms with Gasteiger partial charge in [-0.2, -0.15) is 0 Å². The van der Waals surface area contributed by atoms with E-state index in [2.05, 4.69) is 93.7 Å². The number of ether oxygens (including phenoxy) is 1. The lowest BCUT2D eigenvalue weighted by Gasteiger charge is -2.37. The zero-order valence-electron chi connectivity index (χ0n) is 30.4. The van der Waals surface area contributed by atoms with Crippen molar-refractivity contribution in [1.29, 1.82) is 0 Å². The first kappa shape index (κ1) is 39.8. The Labute approximate surface area is 264 Å². The molecule has 6 heteroatoms. The van der Waals surface area contributed by atoms with Crippen molar-refractivity contribution >= 4 is 0 Å². The summed E-state index contributed by atoms with van der Waals surface area (Å²) in [6.07, 6.45) is 7.15. The molecule has 0 aromatic carbocycles. The van der Waals surface area contributed by atoms with Crippen LogP contribution in [0.1, 0.15) is 101 Å². The maximum absolute atomic E-state index is 5.24. The van der Waals surface area contributed by atoms with E-state index in [0.29, 0.717) is 0 Å². The first-order chi connectivity index (χ1) is 20.0. The predicted octanol–water partition coefficient (Wildman–Crippen LogP) is 6.51. The van der Waals surface area contributed by atoms with E-state index in [1.165, 1.54) is 111 Å². The third kappa shape index (κ3) is 21.5. The topological polar surface area (TPSA) is 25.4 Å². The summed E-state index contributed by atoms with van der Waals surface area (Å²) in [6, 6.07) is 0.723. The Morgan fingerprint density at radius 2 is 0.690 bits per heavy atom. The zero-order valence-corrected chi connectivity index (χ0v) is 30.4. The summed E-state index contributed by atoms with van der Waals surface area (Å²) >= 11 is 0. The summed E-state index contributed by atoms with van der Waals surface area (Å²) in [4.78, 5) is 12.8. The quantitative estimate of drug-likeness (QED) is 0.302. The third-order valence-corrected chi connectivity index (χ3v) is 8.38. The van der Waals surface area contributed by atoms with Gasteiger partial charge in [0.2, 0.25) is 0 Å². The van der Waals surface area contributed by atoms with E-state index in [9.17, 15) is 0 Å². The van der Waals surface area contributed by atoms with Crippen LogP contribution in [0, 0.1) is 23.7 Å². The van der Waals surface area contributed by atoms with Crippen LogP contribution in [0.5, 0.6) is 0 Å². The molecule has 6 nitrogen and oxygen atoms in total. The molecule has 252 valence electrons. The lowest BCUT2D eigenvalue weighted by Crippen LogP contribution is -2.49. The molecule has 0 aromatic rings. The molecule has 4 aliphatic rings. The van der Waals surface area contributed by atoms with Gasteiger partial charge >= 0.3 is 0 Å². The van der Waals surface area contributed by atoms with E-state index >= 15 is 0 Å². The third-order valence-electron chi connectivity index (χ3n) is 8.38. The molecular formula is C36H77N5O. The van der Waals surface area contributed by atoms with Crippen LogP contribution in [0.2, 0.25) is 0 Å². The molecule has 4 fully saturated rings. The van der Waals surface area contributed by atoms with Crippen molar-refractivity contribution in [2.75, 3.05) is 105 Å². The molecule has 0 bridgehead atoms. The van der Waals surface area contributed by atoms with Gasteiger partial charge in [-0.3, -0.25) is 9.80 Å². The Kier molecular flexibility index (Phi) is 22.8. The van der Waals surface area contributed by atoms with Crippen LogP contribution in [-0.4, -0.2) is 135 Å². The fourth-order valence-electron chi connectivity index (χ4n) is 6.42. The number of likely N-dealkylation sites (tertiary alicyclic amines) is 2. The van der Waals surface area contributed by atoms with Crippen molar-refractivity contribution in [3.8, 4) is 0 Å². The van der Waals surface area contributed by atoms with Crippen LogP contribution in [0.4, 0.5) is 0 Å². The summed E-state index contributed by atoms with van der Waals surface area (Å²) < 4.78 is 5.24. The molecule has 0 aliphatic carbocycles. The SMILES string of the molecule is CC(C)CN1CCCC1.CC(C)CN1CCCCC1.CC(C)CN1CCN(C(C)C)CC1.CC(C)CN1CCOCC1. The van der Waals surface area contributed by atoms with E-state index in [1.54, 1.807) is 0 Å². The van der Waals surface area contributed by atoms with E-state index in [0.717, 1.165) is 56.0 Å². The van der Waals surface area contributed by atoms with Crippen molar-refractivity contribution in [3.63, 3.8) is 0 Å². The molecule has 0 atom stereocenters. The highest BCUT2D eigenvalue weighted by Crippen LogP contribution is 2.11. The van der Waals surface area contributed by atoms with Crippen molar-refractivity contribution in [2.45, 2.75) is 107 Å². The molecule has 42 heavy (non-hydrogen) atoms. The lowest BCUT2D eigenvalue weighted by atomic mass is 10.1. The maximum atomic E-state index is 5.24. The highest BCUT2D eigenvalue weighted by Gasteiger charge is 2.19. The fourth-order valence-corrected chi connectivity index (χ4v) is 6.42. The first-order valence-electron chi connectivity index (χ1n) is 18.2. The molecule has 0 radical (unpaired) electrons. The second-order valence-electron chi connectivity index (χ2n) is 15.3. The van der Waals surface area contributed by atoms with Gasteiger partial charge in [0.05, 0.1) is 13.2 Å². The van der Waals surface area contributed by atoms with Crippen LogP contribution >= 0.6 is 0 Å². The standard InChI is InChI=1S/C11H24N2.C9H19N.C8H17NO.C8H17N/c1-10(2)9-12-5-7-13(8-6-12)11(3)4;1-9(2)8-10-6-4-3-5-7-10;1-8(2)7-9-3-5-10-6-4-9;1-8(2)7-9-5-3-4-6-9/h10-11H,5-9H2,1-4H3;9H,3-8H2,1-2H3;8H,3-7H2,1-2H3;8H,3-7H2,1-2H3. The predicted molar refractivity (Wildman–Crippen MR) is 186 cm³/mol. The molecule has 4 aliphatic heterocycles. The molecule has 0 N–H and O–H groups in total. The zero-order chi connectivity index (χ0) is 31.3. The highest BCUT2D eigenvalue weighted by molar-refractivity contribution is 4.74. The molecule has 4 rings (SSSR count). The van der Waals surface area contributed by atoms with Crippen molar-refractivity contribution in [1.82, 2.24) is 24.5 Å². The minimum absolute atomic E-state index is 0.723. The molecule has 0 saturated carbocycles. The summed E-state index contributed by atoms with van der Waals surface area (Å²) in [7, 11) is 0. The van der Waals surface area contributed by atoms with Gasteiger partial charge in [-0.15, -0.1) is 0 Å². The Hall–Kier alpha value is -0.240. The summed E-state index contributed by atoms with van der Waals surface area (Å²) in [5.41, 5.74) is 0. The van der Waals surface area contributed by atoms with Gasteiger partial charge in [-0.25, -0.2) is 0 Å². The Morgan fingerprint density at radius 1 is 0.381 bits per heavy atom. The summed E-state index contributed by atoms with van der Waals surface area (Å²) in [6.45, 7) is 42.5. The van der Waals surface area contributed by atoms with Crippen molar-refractivity contribution in [3.05, 3.63) is 0 Å². The number of morpholine rings is 1. The highest BCUT2D eigenvalue weighted by atomic mass is 16.5. The second kappa shape index (κ2) is 24.1. The van der Waals surface area contributed by atoms with Gasteiger partial charge in [-0.05, 0) is 89.4 Å². The van der Waals surface area contributed by atoms with Crippen LogP contribution in [0.25, 0.3) is 0 Å². The largest absolute Gasteiger partial charge is 0.379 e. The Balaban J connectivity index is 0.000000283. The smallest absolute Gasteiger partial charge is 0.0594 e. The first-order valence-corrected chi connectivity index (χ1v) is 18.2. The Morgan fingerprint density at radius 3 is 1.02 bits per heavy atom. The van der Waals surface area contributed by atoms with Crippen molar-refractivity contribution in [2.24, 2.45) is 23.7 Å². The minimum atomic E-state index is 0.723. The van der Waals surface area contributed by atoms with E-state index in [4.69, 9.17) is 4.74 Å². The van der Waals surface area contributed by atoms with Gasteiger partial charge < -0.3 is 19.4 Å². The van der Waals surface area contributed by atoms with Crippen LogP contribution < -0.4 is 0 Å². The van der Waals surface area contributed by atoms with Crippen LogP contribution in [0.3, 0.4) is 0 Å². The summed E-state index contributed by atoms with van der Waals surface area (Å²) in [5, 5.41) is 0. The second-order valence-corrected chi connectivity index (χ2v) is 15.3. The number of hydrogen-bond acceptors (Lipinski definition) is 6. The number of piperidine rings is 1. The molecule has 0 unspecified atom stereocenters. The number of nitrogens with zero attached hydrogens (tertiary/aromatic N) is 5. The molecule has 0 amide bonds. The number of piperazine rings is 1. The van der Waals surface area contributed by atoms with Crippen molar-refractivity contribution < 1.29 is 4.74 Å². The summed E-state index contributed by atoms with van der Waals surface area (Å²) in [5.74, 6) is 3.30. The van der Waals surface area contributed by atoms with Gasteiger partial charge in [0.15, 0.2) is 0 Å². The van der Waals surface area contributed by atoms with E-state index in [1.807, 2.05) is 0 Å². The molecule has 0 spiro atoms. The fraction of sp³-hybridized carbons (Fsp3) is 1.00. The molecule has 0 aromatic heterocycles. The molecule has 4 saturated heterocycles. The minimum Gasteiger partial charge on any atom is -0.379 e. The maximum Gasteiger partial charge on any atom is 0.0594 e. The van der Waals surface area contributed by atoms with Crippen LogP contribution in [0.15, 0.2) is 0 Å². The van der Waals surface area contributed by atoms with Gasteiger partial charge in [0, 0.05) is 71.5 Å². The number of hydrogen-bond donors (Lipinski definition) is 0. The number of rotatable bonds is 9. The Bertz CT molecular complexity index is 562. The molecular weight excluding hydrogens is 518 g/mol. The lowest BCUT2D eigenvalue weighted by molar-refractivity contribution is 0.0329. The van der Waals surface area contributed by atoms with Crippen LogP contribution in [-0.2, 0) is 4.74 Å². The van der Waals surface area contributed by atoms with Gasteiger partial charge in [0.1, 0.15) is 0 Å². The van der Waals surface area contributed by atoms with Gasteiger partial charge in [-0.1, -0.05) is 61.8 Å².